The molecular weight excluding hydrogens is 198 g/mol. The van der Waals surface area contributed by atoms with Crippen LogP contribution in [0.5, 0.6) is 0 Å². The molecule has 3 aliphatic rings. The van der Waals surface area contributed by atoms with Crippen LogP contribution in [0.15, 0.2) is 36.5 Å². The Hall–Kier alpha value is -1.49. The van der Waals surface area contributed by atoms with Crippen molar-refractivity contribution < 1.29 is 4.79 Å². The zero-order chi connectivity index (χ0) is 9.54. The summed E-state index contributed by atoms with van der Waals surface area (Å²) < 4.78 is 4.04. The predicted molar refractivity (Wildman–Crippen MR) is 56.7 cm³/mol. The van der Waals surface area contributed by atoms with Gasteiger partial charge in [-0.3, -0.25) is 4.79 Å². The van der Waals surface area contributed by atoms with E-state index >= 15 is 0 Å². The third kappa shape index (κ3) is 0.957. The maximum absolute atomic E-state index is 11.5. The molecule has 5 heteroatoms. The Balaban J connectivity index is 2.21. The van der Waals surface area contributed by atoms with Crippen LogP contribution in [0.2, 0.25) is 0 Å². The van der Waals surface area contributed by atoms with Crippen molar-refractivity contribution in [3.8, 4) is 0 Å². The van der Waals surface area contributed by atoms with Crippen LogP contribution in [0, 0.1) is 0 Å². The molecule has 0 atom stereocenters. The van der Waals surface area contributed by atoms with Gasteiger partial charge in [-0.05, 0) is 11.6 Å². The highest BCUT2D eigenvalue weighted by Crippen LogP contribution is 2.40. The highest BCUT2D eigenvalue weighted by Gasteiger charge is 2.32. The van der Waals surface area contributed by atoms with Gasteiger partial charge in [-0.15, -0.1) is 0 Å². The van der Waals surface area contributed by atoms with Gasteiger partial charge in [0.2, 0.25) is 0 Å². The van der Waals surface area contributed by atoms with Crippen LogP contribution in [0.1, 0.15) is 6.42 Å². The molecule has 0 aromatic heterocycles. The quantitative estimate of drug-likeness (QED) is 0.557. The van der Waals surface area contributed by atoms with Crippen molar-refractivity contribution in [3.63, 3.8) is 0 Å². The molecule has 0 unspecified atom stereocenters. The minimum atomic E-state index is -0.196. The molecule has 1 aliphatic carbocycles. The molecular formula is C9H5N3OS. The molecule has 3 rings (SSSR count). The number of carbonyl (C=O) groups excluding carboxylic acids is 1. The first kappa shape index (κ1) is 7.87. The summed E-state index contributed by atoms with van der Waals surface area (Å²) in [6.07, 6.45) is 5.72. The maximum atomic E-state index is 11.5. The van der Waals surface area contributed by atoms with E-state index in [0.29, 0.717) is 5.57 Å². The lowest BCUT2D eigenvalue weighted by atomic mass is 10.1. The van der Waals surface area contributed by atoms with Crippen molar-refractivity contribution in [2.75, 3.05) is 0 Å². The number of amides is 1. The van der Waals surface area contributed by atoms with E-state index in [1.807, 2.05) is 6.08 Å². The summed E-state index contributed by atoms with van der Waals surface area (Å²) in [5.74, 6) is -0.196. The van der Waals surface area contributed by atoms with Gasteiger partial charge in [0.1, 0.15) is 6.34 Å². The van der Waals surface area contributed by atoms with Gasteiger partial charge in [0.05, 0.1) is 11.3 Å². The fourth-order valence-electron chi connectivity index (χ4n) is 1.63. The van der Waals surface area contributed by atoms with Gasteiger partial charge in [-0.2, -0.15) is 4.99 Å². The average Bonchev–Trinajstić information content (AvgIpc) is 2.57. The van der Waals surface area contributed by atoms with E-state index in [1.165, 1.54) is 18.3 Å². The van der Waals surface area contributed by atoms with Crippen LogP contribution in [0.4, 0.5) is 0 Å². The van der Waals surface area contributed by atoms with Crippen LogP contribution >= 0.6 is 11.9 Å². The third-order valence-electron chi connectivity index (χ3n) is 2.25. The van der Waals surface area contributed by atoms with Crippen molar-refractivity contribution in [1.29, 1.82) is 0 Å². The zero-order valence-electron chi connectivity index (χ0n) is 7.10. The zero-order valence-corrected chi connectivity index (χ0v) is 7.91. The van der Waals surface area contributed by atoms with Crippen molar-refractivity contribution in [2.45, 2.75) is 6.42 Å². The molecule has 68 valence electrons. The smallest absolute Gasteiger partial charge is 0.267 e. The Morgan fingerprint density at radius 3 is 3.29 bits per heavy atom. The molecule has 0 radical (unpaired) electrons. The van der Waals surface area contributed by atoms with Crippen LogP contribution < -0.4 is 0 Å². The summed E-state index contributed by atoms with van der Waals surface area (Å²) in [7, 11) is 0. The van der Waals surface area contributed by atoms with Gasteiger partial charge in [-0.1, -0.05) is 0 Å². The molecule has 0 aromatic carbocycles. The van der Waals surface area contributed by atoms with Crippen molar-refractivity contribution in [3.05, 3.63) is 22.1 Å². The molecule has 0 saturated heterocycles. The van der Waals surface area contributed by atoms with Gasteiger partial charge in [0.15, 0.2) is 0 Å². The highest BCUT2D eigenvalue weighted by molar-refractivity contribution is 8.02. The fraction of sp³-hybridized carbons (Fsp3) is 0.111. The molecule has 0 N–H and O–H groups in total. The molecule has 0 bridgehead atoms. The van der Waals surface area contributed by atoms with Crippen molar-refractivity contribution >= 4 is 36.1 Å². The van der Waals surface area contributed by atoms with Crippen molar-refractivity contribution in [1.82, 2.24) is 0 Å². The molecule has 0 fully saturated rings. The number of rotatable bonds is 0. The number of carbonyl (C=O) groups is 1. The largest absolute Gasteiger partial charge is 0.281 e. The normalized spacial score (nSPS) is 23.3. The van der Waals surface area contributed by atoms with E-state index in [9.17, 15) is 4.79 Å². The second-order valence-corrected chi connectivity index (χ2v) is 3.85. The Kier molecular flexibility index (Phi) is 1.55. The van der Waals surface area contributed by atoms with Gasteiger partial charge in [0.25, 0.3) is 5.91 Å². The molecule has 0 spiro atoms. The first-order valence-corrected chi connectivity index (χ1v) is 4.92. The van der Waals surface area contributed by atoms with E-state index in [2.05, 4.69) is 14.4 Å². The van der Waals surface area contributed by atoms with E-state index in [-0.39, 0.29) is 5.91 Å². The van der Waals surface area contributed by atoms with E-state index in [0.717, 1.165) is 22.6 Å². The monoisotopic (exact) mass is 203 g/mol. The van der Waals surface area contributed by atoms with Gasteiger partial charge < -0.3 is 0 Å². The number of hydrogen-bond donors (Lipinski definition) is 0. The lowest BCUT2D eigenvalue weighted by Gasteiger charge is -2.05. The Labute approximate surface area is 84.4 Å². The molecule has 14 heavy (non-hydrogen) atoms. The highest BCUT2D eigenvalue weighted by atomic mass is 32.2. The van der Waals surface area contributed by atoms with Gasteiger partial charge >= 0.3 is 0 Å². The average molecular weight is 203 g/mol. The summed E-state index contributed by atoms with van der Waals surface area (Å²) in [5.41, 5.74) is 2.59. The predicted octanol–water partition coefficient (Wildman–Crippen LogP) is 1.31. The summed E-state index contributed by atoms with van der Waals surface area (Å²) in [4.78, 5) is 20.2. The van der Waals surface area contributed by atoms with E-state index < -0.39 is 0 Å². The topological polar surface area (TPSA) is 54.1 Å². The second kappa shape index (κ2) is 2.75. The molecule has 2 aliphatic heterocycles. The SMILES string of the molecule is O=C1N=CN=C2CC3=CC=NSC3=C12. The number of aliphatic imine (C=N–C) groups is 2. The van der Waals surface area contributed by atoms with Crippen LogP contribution in [-0.4, -0.2) is 24.2 Å². The Morgan fingerprint density at radius 2 is 2.36 bits per heavy atom. The summed E-state index contributed by atoms with van der Waals surface area (Å²) in [6, 6.07) is 0. The molecule has 0 aromatic rings. The van der Waals surface area contributed by atoms with Crippen LogP contribution in [-0.2, 0) is 4.79 Å². The number of allylic oxidation sites excluding steroid dienone is 2. The summed E-state index contributed by atoms with van der Waals surface area (Å²) in [6.45, 7) is 0. The van der Waals surface area contributed by atoms with E-state index in [4.69, 9.17) is 0 Å². The summed E-state index contributed by atoms with van der Waals surface area (Å²) >= 11 is 1.33. The van der Waals surface area contributed by atoms with Crippen molar-refractivity contribution in [2.24, 2.45) is 14.4 Å². The van der Waals surface area contributed by atoms with Gasteiger partial charge in [-0.25, -0.2) is 9.39 Å². The lowest BCUT2D eigenvalue weighted by molar-refractivity contribution is -0.113. The minimum absolute atomic E-state index is 0.196. The van der Waals surface area contributed by atoms with E-state index in [1.54, 1.807) is 6.21 Å². The number of hydrogen-bond acceptors (Lipinski definition) is 4. The third-order valence-corrected chi connectivity index (χ3v) is 3.12. The first-order chi connectivity index (χ1) is 6.86. The fourth-order valence-corrected chi connectivity index (χ4v) is 2.41. The van der Waals surface area contributed by atoms with Gasteiger partial charge in [0, 0.05) is 29.5 Å². The minimum Gasteiger partial charge on any atom is -0.267 e. The lowest BCUT2D eigenvalue weighted by Crippen LogP contribution is -2.11. The van der Waals surface area contributed by atoms with Crippen LogP contribution in [0.25, 0.3) is 0 Å². The number of fused-ring (bicyclic) bond motifs is 2. The molecule has 2 heterocycles. The molecule has 1 amide bonds. The molecule has 0 saturated carbocycles. The number of nitrogens with zero attached hydrogens (tertiary/aromatic N) is 3. The maximum Gasteiger partial charge on any atom is 0.281 e. The second-order valence-electron chi connectivity index (χ2n) is 3.04. The Bertz CT molecular complexity index is 482. The molecule has 4 nitrogen and oxygen atoms in total. The Morgan fingerprint density at radius 1 is 1.43 bits per heavy atom. The first-order valence-electron chi connectivity index (χ1n) is 4.14. The van der Waals surface area contributed by atoms with Crippen LogP contribution in [0.3, 0.4) is 0 Å². The standard InChI is InChI=1S/C9H5N3OS/c13-9-7-6(10-4-11-9)3-5-1-2-12-14-8(5)7/h1-2,4H,3H2. The summed E-state index contributed by atoms with van der Waals surface area (Å²) in [5, 5.41) is 0.